The Hall–Kier alpha value is -3.78. The second-order valence-electron chi connectivity index (χ2n) is 6.69. The van der Waals surface area contributed by atoms with Crippen LogP contribution < -0.4 is 25.3 Å². The SMILES string of the molecule is COc1cc(-c2cc(C(CO)NC(=O)c3ccccc3)cnc2N)cc(OC)c1OC. The van der Waals surface area contributed by atoms with Crippen molar-refractivity contribution in [2.24, 2.45) is 0 Å². The van der Waals surface area contributed by atoms with E-state index in [1.165, 1.54) is 27.5 Å². The van der Waals surface area contributed by atoms with Gasteiger partial charge in [-0.25, -0.2) is 4.98 Å². The van der Waals surface area contributed by atoms with Crippen molar-refractivity contribution in [1.29, 1.82) is 0 Å². The molecular formula is C23H25N3O5. The van der Waals surface area contributed by atoms with E-state index in [2.05, 4.69) is 10.3 Å². The van der Waals surface area contributed by atoms with Crippen LogP contribution in [0.25, 0.3) is 11.1 Å². The van der Waals surface area contributed by atoms with Crippen LogP contribution in [0.15, 0.2) is 54.7 Å². The van der Waals surface area contributed by atoms with Crippen LogP contribution >= 0.6 is 0 Å². The third kappa shape index (κ3) is 4.70. The summed E-state index contributed by atoms with van der Waals surface area (Å²) in [5.41, 5.74) is 8.52. The largest absolute Gasteiger partial charge is 0.493 e. The number of rotatable bonds is 8. The summed E-state index contributed by atoms with van der Waals surface area (Å²) in [5, 5.41) is 12.7. The van der Waals surface area contributed by atoms with Crippen LogP contribution in [-0.4, -0.2) is 43.9 Å². The first-order valence-corrected chi connectivity index (χ1v) is 9.54. The lowest BCUT2D eigenvalue weighted by atomic mass is 10.0. The summed E-state index contributed by atoms with van der Waals surface area (Å²) < 4.78 is 16.2. The number of methoxy groups -OCH3 is 3. The van der Waals surface area contributed by atoms with E-state index in [-0.39, 0.29) is 18.3 Å². The summed E-state index contributed by atoms with van der Waals surface area (Å²) >= 11 is 0. The van der Waals surface area contributed by atoms with Crippen LogP contribution in [0, 0.1) is 0 Å². The van der Waals surface area contributed by atoms with Gasteiger partial charge in [-0.15, -0.1) is 0 Å². The highest BCUT2D eigenvalue weighted by molar-refractivity contribution is 5.94. The Balaban J connectivity index is 1.98. The monoisotopic (exact) mass is 423 g/mol. The average molecular weight is 423 g/mol. The van der Waals surface area contributed by atoms with Crippen molar-refractivity contribution >= 4 is 11.7 Å². The van der Waals surface area contributed by atoms with E-state index < -0.39 is 6.04 Å². The molecule has 1 amide bonds. The molecule has 0 saturated carbocycles. The number of nitrogens with zero attached hydrogens (tertiary/aromatic N) is 1. The number of hydrogen-bond acceptors (Lipinski definition) is 7. The van der Waals surface area contributed by atoms with E-state index in [9.17, 15) is 9.90 Å². The minimum Gasteiger partial charge on any atom is -0.493 e. The zero-order chi connectivity index (χ0) is 22.4. The van der Waals surface area contributed by atoms with E-state index in [4.69, 9.17) is 19.9 Å². The number of aliphatic hydroxyl groups excluding tert-OH is 1. The maximum absolute atomic E-state index is 12.5. The minimum absolute atomic E-state index is 0.282. The lowest BCUT2D eigenvalue weighted by Crippen LogP contribution is -2.30. The third-order valence-corrected chi connectivity index (χ3v) is 4.84. The fraction of sp³-hybridized carbons (Fsp3) is 0.217. The van der Waals surface area contributed by atoms with Gasteiger partial charge in [0.2, 0.25) is 5.75 Å². The molecule has 31 heavy (non-hydrogen) atoms. The summed E-state index contributed by atoms with van der Waals surface area (Å²) in [6.45, 7) is -0.307. The van der Waals surface area contributed by atoms with Crippen molar-refractivity contribution in [3.8, 4) is 28.4 Å². The summed E-state index contributed by atoms with van der Waals surface area (Å²) in [7, 11) is 4.58. The van der Waals surface area contributed by atoms with Gasteiger partial charge in [0.15, 0.2) is 11.5 Å². The molecule has 8 nitrogen and oxygen atoms in total. The number of hydrogen-bond donors (Lipinski definition) is 3. The van der Waals surface area contributed by atoms with Gasteiger partial charge in [-0.2, -0.15) is 0 Å². The molecule has 0 bridgehead atoms. The first-order valence-electron chi connectivity index (χ1n) is 9.54. The number of nitrogens with one attached hydrogen (secondary N) is 1. The highest BCUT2D eigenvalue weighted by Gasteiger charge is 2.19. The van der Waals surface area contributed by atoms with Crippen molar-refractivity contribution in [3.63, 3.8) is 0 Å². The van der Waals surface area contributed by atoms with Crippen molar-refractivity contribution in [2.45, 2.75) is 6.04 Å². The summed E-state index contributed by atoms with van der Waals surface area (Å²) in [6.07, 6.45) is 1.53. The van der Waals surface area contributed by atoms with Crippen LogP contribution in [0.1, 0.15) is 22.0 Å². The molecule has 3 aromatic rings. The van der Waals surface area contributed by atoms with E-state index in [1.807, 2.05) is 6.07 Å². The Morgan fingerprint density at radius 2 is 1.71 bits per heavy atom. The molecule has 0 radical (unpaired) electrons. The van der Waals surface area contributed by atoms with Crippen LogP contribution in [0.5, 0.6) is 17.2 Å². The van der Waals surface area contributed by atoms with Crippen molar-refractivity contribution in [2.75, 3.05) is 33.7 Å². The lowest BCUT2D eigenvalue weighted by Gasteiger charge is -2.19. The van der Waals surface area contributed by atoms with Gasteiger partial charge in [0.05, 0.1) is 34.0 Å². The van der Waals surface area contributed by atoms with Gasteiger partial charge < -0.3 is 30.4 Å². The summed E-state index contributed by atoms with van der Waals surface area (Å²) in [4.78, 5) is 16.8. The zero-order valence-corrected chi connectivity index (χ0v) is 17.6. The molecule has 1 unspecified atom stereocenters. The molecule has 0 spiro atoms. The predicted molar refractivity (Wildman–Crippen MR) is 117 cm³/mol. The topological polar surface area (TPSA) is 116 Å². The fourth-order valence-electron chi connectivity index (χ4n) is 3.22. The highest BCUT2D eigenvalue weighted by Crippen LogP contribution is 2.42. The van der Waals surface area contributed by atoms with Gasteiger partial charge in [-0.05, 0) is 41.5 Å². The molecule has 0 fully saturated rings. The first-order chi connectivity index (χ1) is 15.0. The standard InChI is InChI=1S/C23H25N3O5/c1-29-19-10-15(11-20(30-2)21(19)31-3)17-9-16(12-25-22(17)24)18(13-27)26-23(28)14-7-5-4-6-8-14/h4-12,18,27H,13H2,1-3H3,(H2,24,25)(H,26,28). The first kappa shape index (κ1) is 21.9. The third-order valence-electron chi connectivity index (χ3n) is 4.84. The number of carbonyl (C=O) groups is 1. The van der Waals surface area contributed by atoms with E-state index in [1.54, 1.807) is 42.5 Å². The molecule has 4 N–H and O–H groups in total. The molecule has 1 aromatic heterocycles. The number of benzene rings is 2. The molecule has 8 heteroatoms. The number of aliphatic hydroxyl groups is 1. The van der Waals surface area contributed by atoms with Crippen LogP contribution in [0.4, 0.5) is 5.82 Å². The maximum Gasteiger partial charge on any atom is 0.251 e. The Labute approximate surface area is 180 Å². The quantitative estimate of drug-likeness (QED) is 0.510. The van der Waals surface area contributed by atoms with Gasteiger partial charge >= 0.3 is 0 Å². The minimum atomic E-state index is -0.665. The van der Waals surface area contributed by atoms with Gasteiger partial charge in [0.25, 0.3) is 5.91 Å². The van der Waals surface area contributed by atoms with Crippen LogP contribution in [-0.2, 0) is 0 Å². The zero-order valence-electron chi connectivity index (χ0n) is 17.6. The van der Waals surface area contributed by atoms with Crippen LogP contribution in [0.2, 0.25) is 0 Å². The summed E-state index contributed by atoms with van der Waals surface area (Å²) in [6, 6.07) is 13.4. The number of amides is 1. The number of nitrogens with two attached hydrogens (primary N) is 1. The Morgan fingerprint density at radius 1 is 1.06 bits per heavy atom. The van der Waals surface area contributed by atoms with Gasteiger partial charge in [0, 0.05) is 17.3 Å². The van der Waals surface area contributed by atoms with Gasteiger partial charge in [-0.1, -0.05) is 18.2 Å². The second kappa shape index (κ2) is 9.82. The Bertz CT molecular complexity index is 1030. The van der Waals surface area contributed by atoms with E-state index >= 15 is 0 Å². The lowest BCUT2D eigenvalue weighted by molar-refractivity contribution is 0.0916. The highest BCUT2D eigenvalue weighted by atomic mass is 16.5. The molecule has 0 saturated heterocycles. The number of pyridine rings is 1. The van der Waals surface area contributed by atoms with Crippen molar-refractivity contribution in [3.05, 3.63) is 65.9 Å². The van der Waals surface area contributed by atoms with Gasteiger partial charge in [0.1, 0.15) is 5.82 Å². The van der Waals surface area contributed by atoms with Gasteiger partial charge in [-0.3, -0.25) is 4.79 Å². The Morgan fingerprint density at radius 3 is 2.26 bits per heavy atom. The molecule has 2 aromatic carbocycles. The van der Waals surface area contributed by atoms with Crippen LogP contribution in [0.3, 0.4) is 0 Å². The number of anilines is 1. The maximum atomic E-state index is 12.5. The molecule has 0 aliphatic carbocycles. The average Bonchev–Trinajstić information content (AvgIpc) is 2.82. The van der Waals surface area contributed by atoms with E-state index in [0.717, 1.165) is 0 Å². The molecule has 1 atom stereocenters. The normalized spacial score (nSPS) is 11.5. The molecule has 162 valence electrons. The molecule has 0 aliphatic heterocycles. The number of nitrogen functional groups attached to an aromatic ring is 1. The molecular weight excluding hydrogens is 398 g/mol. The predicted octanol–water partition coefficient (Wildman–Crippen LogP) is 2.82. The smallest absolute Gasteiger partial charge is 0.251 e. The van der Waals surface area contributed by atoms with Crippen molar-refractivity contribution < 1.29 is 24.1 Å². The number of carbonyl (C=O) groups excluding carboxylic acids is 1. The number of aromatic nitrogens is 1. The van der Waals surface area contributed by atoms with E-state index in [0.29, 0.717) is 39.5 Å². The molecule has 0 aliphatic rings. The molecule has 3 rings (SSSR count). The van der Waals surface area contributed by atoms with Crippen molar-refractivity contribution in [1.82, 2.24) is 10.3 Å². The molecule has 1 heterocycles. The summed E-state index contributed by atoms with van der Waals surface area (Å²) in [5.74, 6) is 1.38. The fourth-order valence-corrected chi connectivity index (χ4v) is 3.22. The Kier molecular flexibility index (Phi) is 6.94. The number of ether oxygens (including phenoxy) is 3. The second-order valence-corrected chi connectivity index (χ2v) is 6.69.